The molecule has 0 aliphatic rings. The largest absolute Gasteiger partial charge is 0.409 e. The fourth-order valence-electron chi connectivity index (χ4n) is 3.34. The van der Waals surface area contributed by atoms with Crippen LogP contribution < -0.4 is 11.1 Å². The number of benzene rings is 2. The first-order chi connectivity index (χ1) is 13.7. The van der Waals surface area contributed by atoms with Crippen molar-refractivity contribution in [2.45, 2.75) is 38.4 Å². The second kappa shape index (κ2) is 10.3. The molecule has 2 unspecified atom stereocenters. The van der Waals surface area contributed by atoms with Crippen LogP contribution in [0.15, 0.2) is 60.7 Å². The van der Waals surface area contributed by atoms with Gasteiger partial charge < -0.3 is 20.6 Å². The van der Waals surface area contributed by atoms with E-state index < -0.39 is 26.1 Å². The molecular formula is C22H30N2O4Si. The second-order valence-electron chi connectivity index (χ2n) is 7.89. The molecule has 0 aliphatic carbocycles. The van der Waals surface area contributed by atoms with Crippen LogP contribution in [-0.4, -0.2) is 35.6 Å². The average molecular weight is 415 g/mol. The first kappa shape index (κ1) is 22.8. The number of hydrogen-bond donors (Lipinski definition) is 4. The molecule has 2 rings (SSSR count). The van der Waals surface area contributed by atoms with Crippen LogP contribution in [0.3, 0.4) is 0 Å². The lowest BCUT2D eigenvalue weighted by atomic mass is 10.0. The number of carbonyl (C=O) groups is 2. The maximum Gasteiger partial charge on any atom is 0.356 e. The highest BCUT2D eigenvalue weighted by Gasteiger charge is 2.44. The number of amides is 2. The molecule has 2 atom stereocenters. The topological polar surface area (TPSA) is 113 Å². The van der Waals surface area contributed by atoms with Gasteiger partial charge in [-0.2, -0.15) is 0 Å². The predicted molar refractivity (Wildman–Crippen MR) is 115 cm³/mol. The molecule has 2 aromatic rings. The molecule has 0 saturated heterocycles. The van der Waals surface area contributed by atoms with Crippen molar-refractivity contribution < 1.29 is 19.2 Å². The molecule has 0 spiro atoms. The van der Waals surface area contributed by atoms with Crippen LogP contribution in [0.25, 0.3) is 0 Å². The molecule has 0 aliphatic heterocycles. The van der Waals surface area contributed by atoms with Gasteiger partial charge in [0.1, 0.15) is 0 Å². The zero-order chi connectivity index (χ0) is 21.4. The number of carbonyl (C=O) groups excluding carboxylic acids is 2. The van der Waals surface area contributed by atoms with Gasteiger partial charge in [0.2, 0.25) is 5.91 Å². The molecule has 156 valence electrons. The summed E-state index contributed by atoms with van der Waals surface area (Å²) in [5.41, 5.74) is 6.09. The van der Waals surface area contributed by atoms with Gasteiger partial charge in [-0.1, -0.05) is 62.4 Å². The summed E-state index contributed by atoms with van der Waals surface area (Å²) in [4.78, 5) is 46.6. The third kappa shape index (κ3) is 7.12. The Balaban J connectivity index is 2.18. The highest BCUT2D eigenvalue weighted by Crippen LogP contribution is 2.23. The number of nitrogens with two attached hydrogens (primary N) is 1. The van der Waals surface area contributed by atoms with E-state index in [0.717, 1.165) is 5.56 Å². The van der Waals surface area contributed by atoms with Crippen molar-refractivity contribution in [3.8, 4) is 0 Å². The normalized spacial score (nSPS) is 13.7. The maximum atomic E-state index is 12.6. The van der Waals surface area contributed by atoms with Gasteiger partial charge in [0.05, 0.1) is 5.67 Å². The van der Waals surface area contributed by atoms with E-state index in [1.807, 2.05) is 44.2 Å². The molecule has 0 saturated carbocycles. The van der Waals surface area contributed by atoms with E-state index in [0.29, 0.717) is 18.4 Å². The average Bonchev–Trinajstić information content (AvgIpc) is 2.68. The van der Waals surface area contributed by atoms with Gasteiger partial charge in [0, 0.05) is 17.5 Å². The fourth-order valence-corrected chi connectivity index (χ4v) is 5.91. The molecule has 0 fully saturated rings. The molecule has 7 heteroatoms. The van der Waals surface area contributed by atoms with Crippen molar-refractivity contribution in [1.29, 1.82) is 0 Å². The van der Waals surface area contributed by atoms with Gasteiger partial charge in [0.15, 0.2) is 0 Å². The summed E-state index contributed by atoms with van der Waals surface area (Å²) < 4.78 is 0. The Morgan fingerprint density at radius 1 is 1.00 bits per heavy atom. The van der Waals surface area contributed by atoms with Gasteiger partial charge in [-0.05, 0) is 36.5 Å². The number of primary amides is 1. The standard InChI is InChI=1S/C22H30N2O4Si/c1-16(2)13-20(24-22(26)18-11-7-4-8-12-18)29(27,28)15-19(21(23)25)14-17-9-5-3-6-10-17/h3-12,16,19-20,27-28H,13-15H2,1-2H3,(H2,23,25)(H,24,26). The summed E-state index contributed by atoms with van der Waals surface area (Å²) in [6, 6.07) is 17.8. The van der Waals surface area contributed by atoms with Crippen molar-refractivity contribution >= 4 is 20.4 Å². The summed E-state index contributed by atoms with van der Waals surface area (Å²) in [7, 11) is -4.00. The van der Waals surface area contributed by atoms with E-state index in [1.54, 1.807) is 30.3 Å². The number of nitrogens with one attached hydrogen (secondary N) is 1. The zero-order valence-electron chi connectivity index (χ0n) is 16.9. The van der Waals surface area contributed by atoms with Crippen molar-refractivity contribution in [1.82, 2.24) is 5.32 Å². The molecule has 6 nitrogen and oxygen atoms in total. The van der Waals surface area contributed by atoms with Gasteiger partial charge >= 0.3 is 8.56 Å². The predicted octanol–water partition coefficient (Wildman–Crippen LogP) is 2.14. The highest BCUT2D eigenvalue weighted by molar-refractivity contribution is 6.67. The smallest absolute Gasteiger partial charge is 0.356 e. The first-order valence-corrected chi connectivity index (χ1v) is 12.0. The Morgan fingerprint density at radius 3 is 2.07 bits per heavy atom. The summed E-state index contributed by atoms with van der Waals surface area (Å²) in [6.07, 6.45) is 0.724. The Kier molecular flexibility index (Phi) is 8.13. The van der Waals surface area contributed by atoms with Crippen molar-refractivity contribution in [3.05, 3.63) is 71.8 Å². The van der Waals surface area contributed by atoms with Gasteiger partial charge in [-0.3, -0.25) is 9.59 Å². The third-order valence-corrected chi connectivity index (χ3v) is 7.47. The molecule has 0 radical (unpaired) electrons. The Hall–Kier alpha value is -2.48. The van der Waals surface area contributed by atoms with Gasteiger partial charge in [0.25, 0.3) is 5.91 Å². The second-order valence-corrected chi connectivity index (χ2v) is 10.8. The highest BCUT2D eigenvalue weighted by atomic mass is 28.4. The minimum absolute atomic E-state index is 0.128. The van der Waals surface area contributed by atoms with Crippen molar-refractivity contribution in [2.24, 2.45) is 17.6 Å². The van der Waals surface area contributed by atoms with Crippen LogP contribution in [-0.2, 0) is 11.2 Å². The quantitative estimate of drug-likeness (QED) is 0.446. The van der Waals surface area contributed by atoms with Crippen LogP contribution >= 0.6 is 0 Å². The number of rotatable bonds is 10. The number of hydrogen-bond acceptors (Lipinski definition) is 4. The molecule has 0 bridgehead atoms. The lowest BCUT2D eigenvalue weighted by Gasteiger charge is -2.32. The van der Waals surface area contributed by atoms with E-state index >= 15 is 0 Å². The monoisotopic (exact) mass is 414 g/mol. The Morgan fingerprint density at radius 2 is 1.55 bits per heavy atom. The van der Waals surface area contributed by atoms with Gasteiger partial charge in [-0.25, -0.2) is 0 Å². The summed E-state index contributed by atoms with van der Waals surface area (Å²) >= 11 is 0. The Bertz CT molecular complexity index is 797. The lowest BCUT2D eigenvalue weighted by molar-refractivity contribution is -0.121. The van der Waals surface area contributed by atoms with Crippen LogP contribution in [0.4, 0.5) is 0 Å². The summed E-state index contributed by atoms with van der Waals surface area (Å²) in [5, 5.41) is 2.78. The van der Waals surface area contributed by atoms with E-state index in [9.17, 15) is 19.2 Å². The van der Waals surface area contributed by atoms with E-state index in [4.69, 9.17) is 5.73 Å². The lowest BCUT2D eigenvalue weighted by Crippen LogP contribution is -2.59. The van der Waals surface area contributed by atoms with Crippen LogP contribution in [0.1, 0.15) is 36.2 Å². The van der Waals surface area contributed by atoms with Gasteiger partial charge in [-0.15, -0.1) is 0 Å². The third-order valence-electron chi connectivity index (χ3n) is 4.88. The van der Waals surface area contributed by atoms with Crippen LogP contribution in [0.5, 0.6) is 0 Å². The Labute approximate surface area is 173 Å². The molecule has 2 aromatic carbocycles. The van der Waals surface area contributed by atoms with E-state index in [-0.39, 0.29) is 17.9 Å². The maximum absolute atomic E-state index is 12.6. The molecule has 0 heterocycles. The summed E-state index contributed by atoms with van der Waals surface area (Å²) in [5.74, 6) is -1.54. The summed E-state index contributed by atoms with van der Waals surface area (Å²) in [6.45, 7) is 3.89. The minimum atomic E-state index is -4.00. The molecule has 0 aromatic heterocycles. The minimum Gasteiger partial charge on any atom is -0.409 e. The van der Waals surface area contributed by atoms with Crippen LogP contribution in [0, 0.1) is 11.8 Å². The molecule has 29 heavy (non-hydrogen) atoms. The zero-order valence-corrected chi connectivity index (χ0v) is 17.9. The SMILES string of the molecule is CC(C)CC(NC(=O)c1ccccc1)[Si](O)(O)CC(Cc1ccccc1)C(N)=O. The first-order valence-electron chi connectivity index (χ1n) is 9.83. The fraction of sp³-hybridized carbons (Fsp3) is 0.364. The van der Waals surface area contributed by atoms with Crippen LogP contribution in [0.2, 0.25) is 6.04 Å². The van der Waals surface area contributed by atoms with E-state index in [2.05, 4.69) is 5.32 Å². The molecule has 2 amide bonds. The van der Waals surface area contributed by atoms with Crippen molar-refractivity contribution in [3.63, 3.8) is 0 Å². The molecular weight excluding hydrogens is 384 g/mol. The van der Waals surface area contributed by atoms with Crippen molar-refractivity contribution in [2.75, 3.05) is 0 Å². The van der Waals surface area contributed by atoms with E-state index in [1.165, 1.54) is 0 Å². The molecule has 5 N–H and O–H groups in total.